The Morgan fingerprint density at radius 2 is 1.57 bits per heavy atom. The molecule has 2 aromatic carbocycles. The van der Waals surface area contributed by atoms with Gasteiger partial charge in [-0.05, 0) is 31.7 Å². The first-order chi connectivity index (χ1) is 17.8. The molecule has 8 heteroatoms. The largest absolute Gasteiger partial charge is 0.480 e. The van der Waals surface area contributed by atoms with Crippen molar-refractivity contribution in [1.82, 2.24) is 15.2 Å². The SMILES string of the molecule is C[C@H](NC(=O)c1c(CN(CC(=O)O)CC(=O)O)c(-c2ccccc2)nc2ccccc12)C1CCCCC1. The molecule has 194 valence electrons. The van der Waals surface area contributed by atoms with Crippen molar-refractivity contribution in [1.29, 1.82) is 0 Å². The summed E-state index contributed by atoms with van der Waals surface area (Å²) in [6, 6.07) is 16.7. The molecule has 3 N–H and O–H groups in total. The molecular formula is C29H33N3O5. The van der Waals surface area contributed by atoms with Crippen LogP contribution in [0, 0.1) is 5.92 Å². The minimum absolute atomic E-state index is 0.0260. The van der Waals surface area contributed by atoms with Crippen LogP contribution in [0.5, 0.6) is 0 Å². The van der Waals surface area contributed by atoms with Crippen molar-refractivity contribution >= 4 is 28.7 Å². The van der Waals surface area contributed by atoms with E-state index in [1.165, 1.54) is 11.3 Å². The first-order valence-corrected chi connectivity index (χ1v) is 12.8. The summed E-state index contributed by atoms with van der Waals surface area (Å²) in [5, 5.41) is 22.8. The van der Waals surface area contributed by atoms with E-state index in [1.807, 2.05) is 61.5 Å². The summed E-state index contributed by atoms with van der Waals surface area (Å²) in [5.41, 5.74) is 2.87. The van der Waals surface area contributed by atoms with Crippen LogP contribution in [0.1, 0.15) is 54.9 Å². The van der Waals surface area contributed by atoms with Crippen molar-refractivity contribution in [3.63, 3.8) is 0 Å². The molecule has 0 unspecified atom stereocenters. The van der Waals surface area contributed by atoms with Crippen molar-refractivity contribution in [2.24, 2.45) is 5.92 Å². The van der Waals surface area contributed by atoms with Gasteiger partial charge in [-0.1, -0.05) is 67.8 Å². The van der Waals surface area contributed by atoms with Crippen LogP contribution in [-0.2, 0) is 16.1 Å². The van der Waals surface area contributed by atoms with Gasteiger partial charge in [-0.2, -0.15) is 0 Å². The molecule has 0 spiro atoms. The summed E-state index contributed by atoms with van der Waals surface area (Å²) in [6.45, 7) is 1.03. The van der Waals surface area contributed by atoms with Crippen LogP contribution in [0.3, 0.4) is 0 Å². The molecule has 1 fully saturated rings. The molecule has 1 saturated carbocycles. The van der Waals surface area contributed by atoms with E-state index >= 15 is 0 Å². The highest BCUT2D eigenvalue weighted by atomic mass is 16.4. The minimum Gasteiger partial charge on any atom is -0.480 e. The summed E-state index contributed by atoms with van der Waals surface area (Å²) >= 11 is 0. The Kier molecular flexibility index (Phi) is 8.50. The number of aliphatic carboxylic acids is 2. The molecule has 0 aliphatic heterocycles. The Balaban J connectivity index is 1.85. The molecule has 1 aliphatic rings. The fraction of sp³-hybridized carbons (Fsp3) is 0.379. The Labute approximate surface area is 216 Å². The first kappa shape index (κ1) is 26.3. The molecule has 0 saturated heterocycles. The number of carboxylic acid groups (broad SMARTS) is 2. The van der Waals surface area contributed by atoms with E-state index in [4.69, 9.17) is 4.98 Å². The normalized spacial score (nSPS) is 15.0. The van der Waals surface area contributed by atoms with E-state index < -0.39 is 25.0 Å². The number of carbonyl (C=O) groups excluding carboxylic acids is 1. The summed E-state index contributed by atoms with van der Waals surface area (Å²) in [4.78, 5) is 43.2. The second kappa shape index (κ2) is 12.0. The van der Waals surface area contributed by atoms with Crippen LogP contribution >= 0.6 is 0 Å². The molecule has 4 rings (SSSR count). The Morgan fingerprint density at radius 3 is 2.22 bits per heavy atom. The standard InChI is InChI=1S/C29H33N3O5/c1-19(20-10-4-2-5-11-20)30-29(37)27-22-14-8-9-15-24(22)31-28(21-12-6-3-7-13-21)23(27)16-32(17-25(33)34)18-26(35)36/h3,6-9,12-15,19-20H,2,4-5,10-11,16-18H2,1H3,(H,30,37)(H,33,34)(H,35,36)/t19-/m0/s1. The lowest BCUT2D eigenvalue weighted by Gasteiger charge is -2.29. The molecule has 1 amide bonds. The molecule has 1 aliphatic carbocycles. The lowest BCUT2D eigenvalue weighted by atomic mass is 9.84. The van der Waals surface area contributed by atoms with Crippen LogP contribution < -0.4 is 5.32 Å². The number of rotatable bonds is 10. The Hall–Kier alpha value is -3.78. The lowest BCUT2D eigenvalue weighted by Crippen LogP contribution is -2.40. The number of hydrogen-bond acceptors (Lipinski definition) is 5. The van der Waals surface area contributed by atoms with E-state index in [9.17, 15) is 24.6 Å². The van der Waals surface area contributed by atoms with Gasteiger partial charge in [-0.25, -0.2) is 4.98 Å². The fourth-order valence-electron chi connectivity index (χ4n) is 5.30. The fourth-order valence-corrected chi connectivity index (χ4v) is 5.30. The van der Waals surface area contributed by atoms with Gasteiger partial charge in [0.05, 0.1) is 29.9 Å². The van der Waals surface area contributed by atoms with Crippen molar-refractivity contribution in [3.8, 4) is 11.3 Å². The van der Waals surface area contributed by atoms with Gasteiger partial charge in [0.25, 0.3) is 5.91 Å². The molecule has 3 aromatic rings. The number of carbonyl (C=O) groups is 3. The zero-order valence-corrected chi connectivity index (χ0v) is 21.0. The minimum atomic E-state index is -1.15. The number of para-hydroxylation sites is 1. The monoisotopic (exact) mass is 503 g/mol. The van der Waals surface area contributed by atoms with Gasteiger partial charge in [0.2, 0.25) is 0 Å². The third-order valence-electron chi connectivity index (χ3n) is 7.08. The predicted octanol–water partition coefficient (Wildman–Crippen LogP) is 4.57. The lowest BCUT2D eigenvalue weighted by molar-refractivity contribution is -0.142. The summed E-state index contributed by atoms with van der Waals surface area (Å²) < 4.78 is 0. The quantitative estimate of drug-likeness (QED) is 0.371. The summed E-state index contributed by atoms with van der Waals surface area (Å²) in [6.07, 6.45) is 5.69. The zero-order valence-electron chi connectivity index (χ0n) is 21.0. The molecular weight excluding hydrogens is 470 g/mol. The zero-order chi connectivity index (χ0) is 26.4. The Bertz CT molecular complexity index is 1260. The van der Waals surface area contributed by atoms with E-state index in [-0.39, 0.29) is 18.5 Å². The van der Waals surface area contributed by atoms with Gasteiger partial charge >= 0.3 is 11.9 Å². The highest BCUT2D eigenvalue weighted by Crippen LogP contribution is 2.32. The molecule has 0 radical (unpaired) electrons. The molecule has 0 bridgehead atoms. The van der Waals surface area contributed by atoms with Crippen LogP contribution in [-0.4, -0.2) is 57.1 Å². The maximum Gasteiger partial charge on any atom is 0.317 e. The number of aromatic nitrogens is 1. The summed E-state index contributed by atoms with van der Waals surface area (Å²) in [7, 11) is 0. The average molecular weight is 504 g/mol. The van der Waals surface area contributed by atoms with Gasteiger partial charge in [0, 0.05) is 29.1 Å². The topological polar surface area (TPSA) is 120 Å². The molecule has 1 atom stereocenters. The highest BCUT2D eigenvalue weighted by Gasteiger charge is 2.27. The van der Waals surface area contributed by atoms with E-state index in [1.54, 1.807) is 0 Å². The molecule has 1 aromatic heterocycles. The predicted molar refractivity (Wildman–Crippen MR) is 141 cm³/mol. The van der Waals surface area contributed by atoms with Crippen LogP contribution in [0.25, 0.3) is 22.2 Å². The van der Waals surface area contributed by atoms with Gasteiger partial charge in [-0.3, -0.25) is 19.3 Å². The average Bonchev–Trinajstić information content (AvgIpc) is 2.88. The number of pyridine rings is 1. The smallest absolute Gasteiger partial charge is 0.317 e. The maximum atomic E-state index is 14.0. The van der Waals surface area contributed by atoms with Crippen molar-refractivity contribution in [3.05, 3.63) is 65.7 Å². The van der Waals surface area contributed by atoms with Crippen LogP contribution in [0.2, 0.25) is 0 Å². The number of nitrogens with zero attached hydrogens (tertiary/aromatic N) is 2. The van der Waals surface area contributed by atoms with Gasteiger partial charge in [0.15, 0.2) is 0 Å². The van der Waals surface area contributed by atoms with E-state index in [2.05, 4.69) is 5.32 Å². The Morgan fingerprint density at radius 1 is 0.946 bits per heavy atom. The number of amides is 1. The van der Waals surface area contributed by atoms with Gasteiger partial charge in [-0.15, -0.1) is 0 Å². The van der Waals surface area contributed by atoms with Crippen LogP contribution in [0.4, 0.5) is 0 Å². The molecule has 8 nitrogen and oxygen atoms in total. The van der Waals surface area contributed by atoms with Crippen molar-refractivity contribution in [2.45, 2.75) is 51.6 Å². The number of nitrogens with one attached hydrogen (secondary N) is 1. The highest BCUT2D eigenvalue weighted by molar-refractivity contribution is 6.09. The van der Waals surface area contributed by atoms with E-state index in [0.29, 0.717) is 33.6 Å². The third-order valence-corrected chi connectivity index (χ3v) is 7.08. The number of hydrogen-bond donors (Lipinski definition) is 3. The molecule has 37 heavy (non-hydrogen) atoms. The first-order valence-electron chi connectivity index (χ1n) is 12.8. The number of carboxylic acids is 2. The second-order valence-corrected chi connectivity index (χ2v) is 9.79. The number of benzene rings is 2. The molecule has 1 heterocycles. The summed E-state index contributed by atoms with van der Waals surface area (Å²) in [5.74, 6) is -2.14. The van der Waals surface area contributed by atoms with Crippen molar-refractivity contribution in [2.75, 3.05) is 13.1 Å². The van der Waals surface area contributed by atoms with E-state index in [0.717, 1.165) is 31.2 Å². The van der Waals surface area contributed by atoms with Crippen molar-refractivity contribution < 1.29 is 24.6 Å². The number of fused-ring (bicyclic) bond motifs is 1. The maximum absolute atomic E-state index is 14.0. The van der Waals surface area contributed by atoms with Gasteiger partial charge in [0.1, 0.15) is 0 Å². The van der Waals surface area contributed by atoms with Gasteiger partial charge < -0.3 is 15.5 Å². The second-order valence-electron chi connectivity index (χ2n) is 9.79. The van der Waals surface area contributed by atoms with Crippen LogP contribution in [0.15, 0.2) is 54.6 Å². The third kappa shape index (κ3) is 6.51.